The molecule has 0 radical (unpaired) electrons. The van der Waals surface area contributed by atoms with E-state index in [1.807, 2.05) is 70.7 Å². The summed E-state index contributed by atoms with van der Waals surface area (Å²) in [4.78, 5) is 28.5. The predicted octanol–water partition coefficient (Wildman–Crippen LogP) is 10.2. The van der Waals surface area contributed by atoms with Crippen molar-refractivity contribution in [3.63, 3.8) is 0 Å². The van der Waals surface area contributed by atoms with Crippen molar-refractivity contribution >= 4 is 64.2 Å². The van der Waals surface area contributed by atoms with Gasteiger partial charge in [0.1, 0.15) is 11.2 Å². The first-order valence-corrected chi connectivity index (χ1v) is 18.5. The van der Waals surface area contributed by atoms with Crippen molar-refractivity contribution < 1.29 is 28.5 Å². The number of carbonyl (C=O) groups excluding carboxylic acids is 2. The molecule has 5 rings (SSSR count). The van der Waals surface area contributed by atoms with Crippen molar-refractivity contribution in [2.45, 2.75) is 83.5 Å². The number of hydrogen-bond acceptors (Lipinski definition) is 6. The second kappa shape index (κ2) is 16.6. The van der Waals surface area contributed by atoms with Crippen molar-refractivity contribution in [2.24, 2.45) is 11.8 Å². The SMILES string of the molecule is COCC1[C@@H]2CN(C(=O)OC(C)(C)C)CCC12c1ccc(Cl)c(Cl)c1.COCCC1C=C(c2ccc(Cl)c(Cl)c2)CCN1C(=O)OC(C)(C)C. The van der Waals surface area contributed by atoms with Gasteiger partial charge in [-0.15, -0.1) is 0 Å². The molecule has 0 bridgehead atoms. The van der Waals surface area contributed by atoms with Crippen LogP contribution < -0.4 is 0 Å². The van der Waals surface area contributed by atoms with Crippen molar-refractivity contribution in [1.29, 1.82) is 0 Å². The zero-order valence-corrected chi connectivity index (χ0v) is 33.3. The fourth-order valence-electron chi connectivity index (χ4n) is 6.98. The lowest BCUT2D eigenvalue weighted by atomic mass is 9.86. The van der Waals surface area contributed by atoms with Gasteiger partial charge in [0.2, 0.25) is 0 Å². The highest BCUT2D eigenvalue weighted by atomic mass is 35.5. The fraction of sp³-hybridized carbons (Fsp3) is 0.579. The molecular formula is C38H50Cl4N2O6. The van der Waals surface area contributed by atoms with E-state index in [-0.39, 0.29) is 23.6 Å². The molecular weight excluding hydrogens is 722 g/mol. The van der Waals surface area contributed by atoms with Gasteiger partial charge < -0.3 is 28.7 Å². The van der Waals surface area contributed by atoms with Gasteiger partial charge in [0.15, 0.2) is 0 Å². The third-order valence-corrected chi connectivity index (χ3v) is 10.8. The van der Waals surface area contributed by atoms with Gasteiger partial charge in [0.05, 0.1) is 32.7 Å². The number of methoxy groups -OCH3 is 2. The number of rotatable bonds is 7. The lowest BCUT2D eigenvalue weighted by Crippen LogP contribution is -2.45. The van der Waals surface area contributed by atoms with Crippen molar-refractivity contribution in [2.75, 3.05) is 47.1 Å². The number of likely N-dealkylation sites (tertiary alicyclic amines) is 1. The van der Waals surface area contributed by atoms with Crippen LogP contribution in [-0.4, -0.2) is 86.3 Å². The van der Waals surface area contributed by atoms with Gasteiger partial charge in [-0.05, 0) is 114 Å². The Labute approximate surface area is 317 Å². The van der Waals surface area contributed by atoms with E-state index in [1.54, 1.807) is 25.2 Å². The van der Waals surface area contributed by atoms with Crippen LogP contribution in [0.5, 0.6) is 0 Å². The fourth-order valence-corrected chi connectivity index (χ4v) is 7.58. The minimum absolute atomic E-state index is 0.0166. The Bertz CT molecular complexity index is 1550. The topological polar surface area (TPSA) is 77.5 Å². The molecule has 12 heteroatoms. The van der Waals surface area contributed by atoms with E-state index in [4.69, 9.17) is 65.4 Å². The lowest BCUT2D eigenvalue weighted by molar-refractivity contribution is 0.0166. The molecule has 2 amide bonds. The number of carbonyl (C=O) groups is 2. The Morgan fingerprint density at radius 1 is 0.820 bits per heavy atom. The summed E-state index contributed by atoms with van der Waals surface area (Å²) in [5, 5.41) is 2.20. The van der Waals surface area contributed by atoms with E-state index in [2.05, 4.69) is 12.1 Å². The van der Waals surface area contributed by atoms with E-state index < -0.39 is 11.2 Å². The molecule has 0 aromatic heterocycles. The maximum absolute atomic E-state index is 12.5. The Hall–Kier alpha value is -2.20. The molecule has 276 valence electrons. The maximum atomic E-state index is 12.5. The summed E-state index contributed by atoms with van der Waals surface area (Å²) < 4.78 is 21.7. The largest absolute Gasteiger partial charge is 0.444 e. The number of piperidine rings is 1. The third kappa shape index (κ3) is 10.0. The van der Waals surface area contributed by atoms with E-state index in [0.29, 0.717) is 71.2 Å². The third-order valence-electron chi connectivity index (χ3n) is 9.32. The first-order valence-electron chi connectivity index (χ1n) is 17.0. The molecule has 2 aromatic carbocycles. The molecule has 2 aliphatic heterocycles. The molecule has 0 spiro atoms. The number of halogens is 4. The van der Waals surface area contributed by atoms with Gasteiger partial charge in [-0.3, -0.25) is 0 Å². The molecule has 2 heterocycles. The number of fused-ring (bicyclic) bond motifs is 1. The molecule has 2 aromatic rings. The summed E-state index contributed by atoms with van der Waals surface area (Å²) in [5.74, 6) is 0.730. The van der Waals surface area contributed by atoms with Gasteiger partial charge in [0, 0.05) is 45.9 Å². The Morgan fingerprint density at radius 2 is 1.44 bits per heavy atom. The zero-order valence-electron chi connectivity index (χ0n) is 30.3. The Morgan fingerprint density at radius 3 is 2.02 bits per heavy atom. The Kier molecular flexibility index (Phi) is 13.5. The summed E-state index contributed by atoms with van der Waals surface area (Å²) in [6.07, 6.45) is 3.90. The number of amides is 2. The van der Waals surface area contributed by atoms with Gasteiger partial charge in [-0.2, -0.15) is 0 Å². The van der Waals surface area contributed by atoms with E-state index in [1.165, 1.54) is 5.56 Å². The predicted molar refractivity (Wildman–Crippen MR) is 202 cm³/mol. The smallest absolute Gasteiger partial charge is 0.410 e. The molecule has 0 N–H and O–H groups in total. The van der Waals surface area contributed by atoms with Gasteiger partial charge in [0.25, 0.3) is 0 Å². The molecule has 1 saturated carbocycles. The monoisotopic (exact) mass is 770 g/mol. The van der Waals surface area contributed by atoms with E-state index in [9.17, 15) is 9.59 Å². The van der Waals surface area contributed by atoms with Crippen LogP contribution in [-0.2, 0) is 24.4 Å². The van der Waals surface area contributed by atoms with Crippen molar-refractivity contribution in [1.82, 2.24) is 9.80 Å². The van der Waals surface area contributed by atoms with Crippen LogP contribution >= 0.6 is 46.4 Å². The molecule has 4 atom stereocenters. The molecule has 3 unspecified atom stereocenters. The van der Waals surface area contributed by atoms with Crippen LogP contribution in [0.25, 0.3) is 5.57 Å². The van der Waals surface area contributed by atoms with Gasteiger partial charge in [-0.25, -0.2) is 9.59 Å². The minimum atomic E-state index is -0.517. The molecule has 1 saturated heterocycles. The summed E-state index contributed by atoms with van der Waals surface area (Å²) in [7, 11) is 3.38. The standard InChI is InChI=1S/2C19H25Cl2NO3/c1-18(2,3)25-17(23)22-8-7-19(13(10-22)14(19)11-24-4)12-5-6-15(20)16(21)9-12;1-19(2,3)25-18(23)22-9-7-14(11-15(22)8-10-24-4)13-5-6-16(20)17(21)12-13/h5-6,9,13-14H,7-8,10-11H2,1-4H3;5-6,11-12,15H,7-10H2,1-4H3/t13-,14?,19?;/m0./s1. The average molecular weight is 773 g/mol. The van der Waals surface area contributed by atoms with Crippen LogP contribution in [0.1, 0.15) is 71.9 Å². The van der Waals surface area contributed by atoms with Gasteiger partial charge >= 0.3 is 12.2 Å². The minimum Gasteiger partial charge on any atom is -0.444 e. The van der Waals surface area contributed by atoms with Crippen LogP contribution in [0.15, 0.2) is 42.5 Å². The molecule has 1 aliphatic carbocycles. The number of nitrogens with zero attached hydrogens (tertiary/aromatic N) is 2. The summed E-state index contributed by atoms with van der Waals surface area (Å²) in [6, 6.07) is 11.4. The van der Waals surface area contributed by atoms with Crippen molar-refractivity contribution in [3.8, 4) is 0 Å². The highest BCUT2D eigenvalue weighted by Gasteiger charge is 2.67. The molecule has 2 fully saturated rings. The quantitative estimate of drug-likeness (QED) is 0.279. The summed E-state index contributed by atoms with van der Waals surface area (Å²) in [5.41, 5.74) is 2.39. The normalized spacial score (nSPS) is 23.3. The van der Waals surface area contributed by atoms with Gasteiger partial charge in [-0.1, -0.05) is 64.6 Å². The summed E-state index contributed by atoms with van der Waals surface area (Å²) in [6.45, 7) is 14.5. The van der Waals surface area contributed by atoms with Crippen LogP contribution in [0.3, 0.4) is 0 Å². The zero-order chi connectivity index (χ0) is 37.0. The van der Waals surface area contributed by atoms with Crippen LogP contribution in [0, 0.1) is 11.8 Å². The maximum Gasteiger partial charge on any atom is 0.410 e. The number of ether oxygens (including phenoxy) is 4. The molecule has 3 aliphatic rings. The number of hydrogen-bond donors (Lipinski definition) is 0. The second-order valence-corrected chi connectivity index (χ2v) is 16.7. The Balaban J connectivity index is 0.000000225. The van der Waals surface area contributed by atoms with Crippen molar-refractivity contribution in [3.05, 3.63) is 73.7 Å². The highest BCUT2D eigenvalue weighted by Crippen LogP contribution is 2.64. The first-order chi connectivity index (χ1) is 23.4. The lowest BCUT2D eigenvalue weighted by Gasteiger charge is -2.36. The molecule has 50 heavy (non-hydrogen) atoms. The summed E-state index contributed by atoms with van der Waals surface area (Å²) >= 11 is 24.5. The second-order valence-electron chi connectivity index (χ2n) is 15.1. The van der Waals surface area contributed by atoms with E-state index >= 15 is 0 Å². The average Bonchev–Trinajstić information content (AvgIpc) is 3.68. The highest BCUT2D eigenvalue weighted by molar-refractivity contribution is 6.42. The number of benzene rings is 2. The van der Waals surface area contributed by atoms with Crippen LogP contribution in [0.4, 0.5) is 9.59 Å². The first kappa shape index (κ1) is 40.6. The molecule has 8 nitrogen and oxygen atoms in total. The van der Waals surface area contributed by atoms with Crippen LogP contribution in [0.2, 0.25) is 20.1 Å². The van der Waals surface area contributed by atoms with E-state index in [0.717, 1.165) is 24.0 Å².